The van der Waals surface area contributed by atoms with E-state index in [0.717, 1.165) is 10.8 Å². The van der Waals surface area contributed by atoms with E-state index < -0.39 is 0 Å². The third-order valence-corrected chi connectivity index (χ3v) is 5.08. The molecule has 0 atom stereocenters. The van der Waals surface area contributed by atoms with E-state index in [-0.39, 0.29) is 17.6 Å². The van der Waals surface area contributed by atoms with Crippen molar-refractivity contribution in [1.29, 1.82) is 0 Å². The minimum atomic E-state index is -0.355. The summed E-state index contributed by atoms with van der Waals surface area (Å²) in [6, 6.07) is 16.9. The molecule has 0 saturated carbocycles. The van der Waals surface area contributed by atoms with Gasteiger partial charge >= 0.3 is 0 Å². The standard InChI is InChI=1S/C21H22N4O2S/c1-15(2)17-10-6-7-11-18(17)25-13-12-22-21(25)28-14-19(26)23-24-20(27)16-8-4-3-5-9-16/h3-13,15H,14H2,1-2H3,(H,23,26)(H,24,27). The molecule has 0 unspecified atom stereocenters. The van der Waals surface area contributed by atoms with Crippen molar-refractivity contribution in [1.82, 2.24) is 20.4 Å². The summed E-state index contributed by atoms with van der Waals surface area (Å²) < 4.78 is 1.98. The van der Waals surface area contributed by atoms with E-state index in [1.165, 1.54) is 17.3 Å². The summed E-state index contributed by atoms with van der Waals surface area (Å²) in [5, 5.41) is 0.720. The second-order valence-electron chi connectivity index (χ2n) is 6.45. The van der Waals surface area contributed by atoms with Crippen LogP contribution in [0.5, 0.6) is 0 Å². The van der Waals surface area contributed by atoms with Crippen LogP contribution in [0.4, 0.5) is 0 Å². The summed E-state index contributed by atoms with van der Waals surface area (Å²) in [7, 11) is 0. The molecule has 0 aliphatic rings. The van der Waals surface area contributed by atoms with Gasteiger partial charge in [0, 0.05) is 18.0 Å². The molecule has 6 nitrogen and oxygen atoms in total. The van der Waals surface area contributed by atoms with Crippen LogP contribution < -0.4 is 10.9 Å². The fourth-order valence-corrected chi connectivity index (χ4v) is 3.50. The zero-order valence-electron chi connectivity index (χ0n) is 15.8. The number of amides is 2. The molecular formula is C21H22N4O2S. The smallest absolute Gasteiger partial charge is 0.269 e. The Hall–Kier alpha value is -3.06. The van der Waals surface area contributed by atoms with E-state index >= 15 is 0 Å². The summed E-state index contributed by atoms with van der Waals surface area (Å²) in [6.45, 7) is 4.29. The lowest BCUT2D eigenvalue weighted by atomic mass is 10.0. The number of para-hydroxylation sites is 1. The molecule has 0 aliphatic heterocycles. The van der Waals surface area contributed by atoms with E-state index in [1.54, 1.807) is 30.5 Å². The van der Waals surface area contributed by atoms with E-state index in [4.69, 9.17) is 0 Å². The minimum absolute atomic E-state index is 0.135. The lowest BCUT2D eigenvalue weighted by molar-refractivity contribution is -0.119. The van der Waals surface area contributed by atoms with E-state index in [1.807, 2.05) is 35.0 Å². The Bertz CT molecular complexity index is 954. The van der Waals surface area contributed by atoms with Gasteiger partial charge in [0.15, 0.2) is 5.16 Å². The Morgan fingerprint density at radius 1 is 1.04 bits per heavy atom. The van der Waals surface area contributed by atoms with Crippen LogP contribution in [0.1, 0.15) is 35.7 Å². The molecule has 0 aliphatic carbocycles. The highest BCUT2D eigenvalue weighted by molar-refractivity contribution is 7.99. The van der Waals surface area contributed by atoms with Crippen molar-refractivity contribution < 1.29 is 9.59 Å². The van der Waals surface area contributed by atoms with Gasteiger partial charge in [-0.3, -0.25) is 25.0 Å². The Morgan fingerprint density at radius 3 is 2.50 bits per heavy atom. The van der Waals surface area contributed by atoms with Crippen LogP contribution >= 0.6 is 11.8 Å². The molecule has 1 aromatic heterocycles. The van der Waals surface area contributed by atoms with Crippen LogP contribution in [0.2, 0.25) is 0 Å². The highest BCUT2D eigenvalue weighted by Crippen LogP contribution is 2.27. The molecule has 2 aromatic carbocycles. The molecule has 1 heterocycles. The van der Waals surface area contributed by atoms with Gasteiger partial charge in [0.25, 0.3) is 5.91 Å². The summed E-state index contributed by atoms with van der Waals surface area (Å²) in [6.07, 6.45) is 3.60. The highest BCUT2D eigenvalue weighted by Gasteiger charge is 2.13. The number of rotatable bonds is 6. The number of imidazole rings is 1. The number of carbonyl (C=O) groups is 2. The number of hydrazine groups is 1. The maximum Gasteiger partial charge on any atom is 0.269 e. The maximum absolute atomic E-state index is 12.1. The predicted octanol–water partition coefficient (Wildman–Crippen LogP) is 3.55. The second-order valence-corrected chi connectivity index (χ2v) is 7.39. The zero-order chi connectivity index (χ0) is 19.9. The molecule has 0 fully saturated rings. The topological polar surface area (TPSA) is 76.0 Å². The summed E-state index contributed by atoms with van der Waals surface area (Å²) >= 11 is 1.31. The Kier molecular flexibility index (Phi) is 6.49. The normalized spacial score (nSPS) is 10.7. The highest BCUT2D eigenvalue weighted by atomic mass is 32.2. The first-order valence-electron chi connectivity index (χ1n) is 8.96. The largest absolute Gasteiger partial charge is 0.295 e. The number of hydrogen-bond acceptors (Lipinski definition) is 4. The molecule has 2 N–H and O–H groups in total. The number of thioether (sulfide) groups is 1. The molecule has 0 saturated heterocycles. The van der Waals surface area contributed by atoms with Crippen LogP contribution in [0.25, 0.3) is 5.69 Å². The van der Waals surface area contributed by atoms with E-state index in [2.05, 4.69) is 35.7 Å². The average Bonchev–Trinajstić information content (AvgIpc) is 3.19. The number of aromatic nitrogens is 2. The second kappa shape index (κ2) is 9.23. The van der Waals surface area contributed by atoms with E-state index in [0.29, 0.717) is 11.5 Å². The first-order chi connectivity index (χ1) is 13.6. The van der Waals surface area contributed by atoms with Gasteiger partial charge in [-0.25, -0.2) is 4.98 Å². The maximum atomic E-state index is 12.1. The molecule has 0 spiro atoms. The van der Waals surface area contributed by atoms with Gasteiger partial charge in [-0.1, -0.05) is 62.0 Å². The lowest BCUT2D eigenvalue weighted by Gasteiger charge is -2.15. The summed E-state index contributed by atoms with van der Waals surface area (Å²) in [5.74, 6) is -0.157. The molecule has 3 aromatic rings. The van der Waals surface area contributed by atoms with Crippen molar-refractivity contribution in [3.63, 3.8) is 0 Å². The number of hydrogen-bond donors (Lipinski definition) is 2. The van der Waals surface area contributed by atoms with Crippen molar-refractivity contribution >= 4 is 23.6 Å². The monoisotopic (exact) mass is 394 g/mol. The van der Waals surface area contributed by atoms with Gasteiger partial charge in [0.05, 0.1) is 11.4 Å². The minimum Gasteiger partial charge on any atom is -0.295 e. The third kappa shape index (κ3) is 4.80. The summed E-state index contributed by atoms with van der Waals surface area (Å²) in [5.41, 5.74) is 7.60. The fraction of sp³-hybridized carbons (Fsp3) is 0.190. The van der Waals surface area contributed by atoms with Crippen molar-refractivity contribution in [2.75, 3.05) is 5.75 Å². The van der Waals surface area contributed by atoms with Crippen LogP contribution in [0, 0.1) is 0 Å². The quantitative estimate of drug-likeness (QED) is 0.495. The Labute approximate surface area is 168 Å². The van der Waals surface area contributed by atoms with Crippen molar-refractivity contribution in [2.24, 2.45) is 0 Å². The number of nitrogens with one attached hydrogen (secondary N) is 2. The summed E-state index contributed by atoms with van der Waals surface area (Å²) in [4.78, 5) is 28.5. The SMILES string of the molecule is CC(C)c1ccccc1-n1ccnc1SCC(=O)NNC(=O)c1ccccc1. The Morgan fingerprint density at radius 2 is 1.75 bits per heavy atom. The molecule has 28 heavy (non-hydrogen) atoms. The van der Waals surface area contributed by atoms with Gasteiger partial charge < -0.3 is 0 Å². The third-order valence-electron chi connectivity index (χ3n) is 4.11. The van der Waals surface area contributed by atoms with Crippen molar-refractivity contribution in [2.45, 2.75) is 24.9 Å². The molecule has 7 heteroatoms. The van der Waals surface area contributed by atoms with E-state index in [9.17, 15) is 9.59 Å². The molecule has 0 bridgehead atoms. The van der Waals surface area contributed by atoms with Crippen LogP contribution in [0.3, 0.4) is 0 Å². The van der Waals surface area contributed by atoms with Gasteiger partial charge in [-0.05, 0) is 29.7 Å². The molecule has 2 amide bonds. The van der Waals surface area contributed by atoms with Gasteiger partial charge in [0.2, 0.25) is 5.91 Å². The van der Waals surface area contributed by atoms with Crippen LogP contribution in [0.15, 0.2) is 72.1 Å². The van der Waals surface area contributed by atoms with Gasteiger partial charge in [-0.15, -0.1) is 0 Å². The predicted molar refractivity (Wildman–Crippen MR) is 110 cm³/mol. The molecule has 144 valence electrons. The van der Waals surface area contributed by atoms with Crippen molar-refractivity contribution in [3.05, 3.63) is 78.1 Å². The number of carbonyl (C=O) groups excluding carboxylic acids is 2. The first kappa shape index (κ1) is 19.7. The number of nitrogens with zero attached hydrogens (tertiary/aromatic N) is 2. The van der Waals surface area contributed by atoms with Crippen LogP contribution in [-0.4, -0.2) is 27.1 Å². The van der Waals surface area contributed by atoms with Crippen LogP contribution in [-0.2, 0) is 4.79 Å². The first-order valence-corrected chi connectivity index (χ1v) is 9.94. The average molecular weight is 395 g/mol. The van der Waals surface area contributed by atoms with Gasteiger partial charge in [-0.2, -0.15) is 0 Å². The molecule has 0 radical (unpaired) electrons. The fourth-order valence-electron chi connectivity index (χ4n) is 2.73. The lowest BCUT2D eigenvalue weighted by Crippen LogP contribution is -2.42. The van der Waals surface area contributed by atoms with Gasteiger partial charge in [0.1, 0.15) is 0 Å². The molecule has 3 rings (SSSR count). The number of benzene rings is 2. The Balaban J connectivity index is 1.60. The zero-order valence-corrected chi connectivity index (χ0v) is 16.6. The molecular weight excluding hydrogens is 372 g/mol. The van der Waals surface area contributed by atoms with Crippen molar-refractivity contribution in [3.8, 4) is 5.69 Å².